The molecule has 0 saturated heterocycles. The van der Waals surface area contributed by atoms with Crippen molar-refractivity contribution >= 4 is 11.9 Å². The lowest BCUT2D eigenvalue weighted by Crippen LogP contribution is -2.24. The average Bonchev–Trinajstić information content (AvgIpc) is 2.75. The van der Waals surface area contributed by atoms with Gasteiger partial charge in [0.2, 0.25) is 0 Å². The van der Waals surface area contributed by atoms with E-state index in [4.69, 9.17) is 4.74 Å². The zero-order valence-corrected chi connectivity index (χ0v) is 15.5. The maximum atomic E-state index is 11.8. The summed E-state index contributed by atoms with van der Waals surface area (Å²) < 4.78 is 5.16. The summed E-state index contributed by atoms with van der Waals surface area (Å²) in [4.78, 5) is 11.8. The molecule has 1 heterocycles. The minimum atomic E-state index is -0.233. The fourth-order valence-electron chi connectivity index (χ4n) is 3.39. The van der Waals surface area contributed by atoms with Crippen molar-refractivity contribution in [3.63, 3.8) is 0 Å². The molecule has 2 aromatic carbocycles. The lowest BCUT2D eigenvalue weighted by Gasteiger charge is -2.24. The van der Waals surface area contributed by atoms with Crippen molar-refractivity contribution in [1.82, 2.24) is 10.2 Å². The largest absolute Gasteiger partial charge is 0.497 e. The first-order valence-electron chi connectivity index (χ1n) is 9.11. The van der Waals surface area contributed by atoms with Crippen LogP contribution in [-0.4, -0.2) is 29.2 Å². The smallest absolute Gasteiger partial charge is 0.264 e. The van der Waals surface area contributed by atoms with Crippen LogP contribution in [0.5, 0.6) is 5.75 Å². The SMILES string of the molecule is COc1ccc(/C=N\N=C2\CC(c3ccccc3)Cc3n[nH]c(=O)cc32)cc1. The molecular formula is C22H20N4O2. The van der Waals surface area contributed by atoms with E-state index < -0.39 is 0 Å². The molecule has 0 bridgehead atoms. The summed E-state index contributed by atoms with van der Waals surface area (Å²) in [6, 6.07) is 19.4. The number of methoxy groups -OCH3 is 1. The van der Waals surface area contributed by atoms with Crippen LogP contribution in [0.25, 0.3) is 0 Å². The zero-order chi connectivity index (χ0) is 19.3. The van der Waals surface area contributed by atoms with E-state index in [1.165, 1.54) is 5.56 Å². The van der Waals surface area contributed by atoms with Gasteiger partial charge in [0.25, 0.3) is 5.56 Å². The minimum absolute atomic E-state index is 0.233. The van der Waals surface area contributed by atoms with E-state index in [9.17, 15) is 4.79 Å². The number of nitrogens with zero attached hydrogens (tertiary/aromatic N) is 3. The van der Waals surface area contributed by atoms with Crippen LogP contribution in [0.2, 0.25) is 0 Å². The average molecular weight is 372 g/mol. The van der Waals surface area contributed by atoms with Gasteiger partial charge in [-0.3, -0.25) is 4.79 Å². The first kappa shape index (κ1) is 17.9. The van der Waals surface area contributed by atoms with Crippen molar-refractivity contribution in [2.45, 2.75) is 18.8 Å². The molecule has 1 atom stereocenters. The number of hydrogen-bond donors (Lipinski definition) is 1. The number of benzene rings is 2. The molecule has 0 radical (unpaired) electrons. The van der Waals surface area contributed by atoms with Crippen LogP contribution >= 0.6 is 0 Å². The summed E-state index contributed by atoms with van der Waals surface area (Å²) in [7, 11) is 1.63. The van der Waals surface area contributed by atoms with Crippen LogP contribution < -0.4 is 10.3 Å². The lowest BCUT2D eigenvalue weighted by molar-refractivity contribution is 0.415. The summed E-state index contributed by atoms with van der Waals surface area (Å²) in [5.41, 5.74) is 4.32. The normalized spacial score (nSPS) is 17.6. The molecule has 6 nitrogen and oxygen atoms in total. The fourth-order valence-corrected chi connectivity index (χ4v) is 3.39. The van der Waals surface area contributed by atoms with E-state index in [1.54, 1.807) is 19.4 Å². The number of nitrogens with one attached hydrogen (secondary N) is 1. The molecule has 0 saturated carbocycles. The topological polar surface area (TPSA) is 79.7 Å². The molecule has 1 aliphatic rings. The Kier molecular flexibility index (Phi) is 5.10. The Morgan fingerprint density at radius 1 is 1.11 bits per heavy atom. The third-order valence-corrected chi connectivity index (χ3v) is 4.85. The van der Waals surface area contributed by atoms with Crippen LogP contribution in [-0.2, 0) is 6.42 Å². The Morgan fingerprint density at radius 3 is 2.64 bits per heavy atom. The molecule has 6 heteroatoms. The van der Waals surface area contributed by atoms with Crippen LogP contribution in [0, 0.1) is 0 Å². The van der Waals surface area contributed by atoms with E-state index in [-0.39, 0.29) is 11.5 Å². The summed E-state index contributed by atoms with van der Waals surface area (Å²) in [6.45, 7) is 0. The molecular weight excluding hydrogens is 352 g/mol. The van der Waals surface area contributed by atoms with Gasteiger partial charge in [0, 0.05) is 11.6 Å². The number of fused-ring (bicyclic) bond motifs is 1. The Hall–Kier alpha value is -3.54. The molecule has 3 aromatic rings. The highest BCUT2D eigenvalue weighted by Gasteiger charge is 2.26. The second-order valence-electron chi connectivity index (χ2n) is 6.67. The monoisotopic (exact) mass is 372 g/mol. The number of aromatic nitrogens is 2. The van der Waals surface area contributed by atoms with Crippen molar-refractivity contribution in [2.24, 2.45) is 10.2 Å². The highest BCUT2D eigenvalue weighted by Crippen LogP contribution is 2.31. The zero-order valence-electron chi connectivity index (χ0n) is 15.5. The molecule has 0 spiro atoms. The van der Waals surface area contributed by atoms with Gasteiger partial charge < -0.3 is 4.74 Å². The molecule has 0 aliphatic heterocycles. The van der Waals surface area contributed by atoms with Crippen molar-refractivity contribution in [3.05, 3.63) is 93.4 Å². The first-order valence-corrected chi connectivity index (χ1v) is 9.11. The maximum Gasteiger partial charge on any atom is 0.264 e. The third-order valence-electron chi connectivity index (χ3n) is 4.85. The van der Waals surface area contributed by atoms with Gasteiger partial charge in [-0.1, -0.05) is 30.3 Å². The number of ether oxygens (including phenoxy) is 1. The van der Waals surface area contributed by atoms with Gasteiger partial charge in [-0.25, -0.2) is 5.10 Å². The second-order valence-corrected chi connectivity index (χ2v) is 6.67. The molecule has 1 aliphatic carbocycles. The van der Waals surface area contributed by atoms with Gasteiger partial charge in [-0.05, 0) is 54.2 Å². The molecule has 1 N–H and O–H groups in total. The van der Waals surface area contributed by atoms with Gasteiger partial charge in [-0.2, -0.15) is 15.3 Å². The number of aromatic amines is 1. The summed E-state index contributed by atoms with van der Waals surface area (Å²) in [5.74, 6) is 1.04. The summed E-state index contributed by atoms with van der Waals surface area (Å²) in [5, 5.41) is 15.5. The van der Waals surface area contributed by atoms with Crippen LogP contribution in [0.1, 0.15) is 34.7 Å². The van der Waals surface area contributed by atoms with Gasteiger partial charge in [-0.15, -0.1) is 0 Å². The van der Waals surface area contributed by atoms with Gasteiger partial charge in [0.05, 0.1) is 24.7 Å². The van der Waals surface area contributed by atoms with E-state index >= 15 is 0 Å². The van der Waals surface area contributed by atoms with E-state index in [0.717, 1.165) is 34.7 Å². The Labute approximate surface area is 162 Å². The van der Waals surface area contributed by atoms with E-state index in [2.05, 4.69) is 32.5 Å². The highest BCUT2D eigenvalue weighted by atomic mass is 16.5. The molecule has 1 aromatic heterocycles. The predicted molar refractivity (Wildman–Crippen MR) is 109 cm³/mol. The maximum absolute atomic E-state index is 11.8. The van der Waals surface area contributed by atoms with Gasteiger partial charge in [0.1, 0.15) is 5.75 Å². The van der Waals surface area contributed by atoms with E-state index in [0.29, 0.717) is 6.42 Å². The molecule has 140 valence electrons. The molecule has 0 amide bonds. The third kappa shape index (κ3) is 3.91. The first-order chi connectivity index (χ1) is 13.7. The lowest BCUT2D eigenvalue weighted by atomic mass is 9.81. The van der Waals surface area contributed by atoms with Crippen molar-refractivity contribution in [2.75, 3.05) is 7.11 Å². The standard InChI is InChI=1S/C22H20N4O2/c1-28-18-9-7-15(8-10-18)14-23-24-20-11-17(16-5-3-2-4-6-16)12-21-19(20)13-22(27)26-25-21/h2-10,13-14,17H,11-12H2,1H3,(H,26,27)/b23-14-,24-20-. The molecule has 0 fully saturated rings. The van der Waals surface area contributed by atoms with Crippen LogP contribution in [0.15, 0.2) is 75.7 Å². The summed E-state index contributed by atoms with van der Waals surface area (Å²) in [6.07, 6.45) is 3.16. The highest BCUT2D eigenvalue weighted by molar-refractivity contribution is 6.03. The van der Waals surface area contributed by atoms with Crippen molar-refractivity contribution in [1.29, 1.82) is 0 Å². The Balaban J connectivity index is 1.65. The van der Waals surface area contributed by atoms with Crippen molar-refractivity contribution < 1.29 is 4.74 Å². The number of hydrogen-bond acceptors (Lipinski definition) is 5. The quantitative estimate of drug-likeness (QED) is 0.563. The predicted octanol–water partition coefficient (Wildman–Crippen LogP) is 3.33. The number of rotatable bonds is 4. The number of H-pyrrole nitrogens is 1. The minimum Gasteiger partial charge on any atom is -0.497 e. The van der Waals surface area contributed by atoms with Gasteiger partial charge >= 0.3 is 0 Å². The van der Waals surface area contributed by atoms with Crippen LogP contribution in [0.3, 0.4) is 0 Å². The van der Waals surface area contributed by atoms with Crippen LogP contribution in [0.4, 0.5) is 0 Å². The fraction of sp³-hybridized carbons (Fsp3) is 0.182. The van der Waals surface area contributed by atoms with E-state index in [1.807, 2.05) is 42.5 Å². The molecule has 28 heavy (non-hydrogen) atoms. The summed E-state index contributed by atoms with van der Waals surface area (Å²) >= 11 is 0. The van der Waals surface area contributed by atoms with Gasteiger partial charge in [0.15, 0.2) is 0 Å². The van der Waals surface area contributed by atoms with Crippen molar-refractivity contribution in [3.8, 4) is 5.75 Å². The molecule has 1 unspecified atom stereocenters. The molecule has 4 rings (SSSR count). The Morgan fingerprint density at radius 2 is 1.89 bits per heavy atom. The second kappa shape index (κ2) is 8.00. The Bertz CT molecular complexity index is 1070.